The number of allylic oxidation sites excluding steroid dienone is 4. The Balaban J connectivity index is 1.22. The summed E-state index contributed by atoms with van der Waals surface area (Å²) < 4.78 is 4.66. The van der Waals surface area contributed by atoms with Crippen molar-refractivity contribution in [2.45, 2.75) is 33.4 Å². The first kappa shape index (κ1) is 27.8. The van der Waals surface area contributed by atoms with Crippen molar-refractivity contribution in [2.24, 2.45) is 9.98 Å². The number of para-hydroxylation sites is 2. The summed E-state index contributed by atoms with van der Waals surface area (Å²) in [4.78, 5) is 9.11. The highest BCUT2D eigenvalue weighted by atomic mass is 15.0. The van der Waals surface area contributed by atoms with Crippen LogP contribution in [-0.2, 0) is 13.1 Å². The smallest absolute Gasteiger partial charge is 0.177 e. The fourth-order valence-corrected chi connectivity index (χ4v) is 6.42. The van der Waals surface area contributed by atoms with Crippen LogP contribution >= 0.6 is 0 Å². The predicted octanol–water partition coefficient (Wildman–Crippen LogP) is 9.21. The molecular formula is C39H30N6. The van der Waals surface area contributed by atoms with Gasteiger partial charge in [0.15, 0.2) is 11.4 Å². The van der Waals surface area contributed by atoms with E-state index in [1.807, 2.05) is 24.3 Å². The molecule has 6 aromatic rings. The van der Waals surface area contributed by atoms with Gasteiger partial charge in [-0.25, -0.2) is 9.98 Å². The fourth-order valence-electron chi connectivity index (χ4n) is 6.42. The van der Waals surface area contributed by atoms with Crippen molar-refractivity contribution in [1.82, 2.24) is 9.13 Å². The molecule has 0 unspecified atom stereocenters. The van der Waals surface area contributed by atoms with Gasteiger partial charge in [-0.15, -0.1) is 0 Å². The summed E-state index contributed by atoms with van der Waals surface area (Å²) >= 11 is 0. The lowest BCUT2D eigenvalue weighted by Crippen LogP contribution is -2.02. The Labute approximate surface area is 261 Å². The molecule has 0 saturated heterocycles. The van der Waals surface area contributed by atoms with Gasteiger partial charge < -0.3 is 9.13 Å². The minimum atomic E-state index is 0.0239. The number of aromatic nitrogens is 2. The second kappa shape index (κ2) is 11.6. The van der Waals surface area contributed by atoms with E-state index in [0.717, 1.165) is 24.2 Å². The van der Waals surface area contributed by atoms with Gasteiger partial charge in [-0.3, -0.25) is 0 Å². The number of rotatable bonds is 6. The van der Waals surface area contributed by atoms with Crippen molar-refractivity contribution >= 4 is 67.2 Å². The zero-order valence-electron chi connectivity index (χ0n) is 25.2. The Hall–Kier alpha value is -5.98. The van der Waals surface area contributed by atoms with Gasteiger partial charge in [0.05, 0.1) is 0 Å². The molecule has 6 heteroatoms. The van der Waals surface area contributed by atoms with Crippen molar-refractivity contribution in [3.8, 4) is 12.1 Å². The molecule has 7 rings (SSSR count). The van der Waals surface area contributed by atoms with Gasteiger partial charge in [0.25, 0.3) is 0 Å². The Morgan fingerprint density at radius 2 is 1.00 bits per heavy atom. The molecule has 0 saturated carbocycles. The van der Waals surface area contributed by atoms with Crippen LogP contribution < -0.4 is 0 Å². The molecule has 0 atom stereocenters. The molecule has 1 aliphatic rings. The second-order valence-corrected chi connectivity index (χ2v) is 11.0. The summed E-state index contributed by atoms with van der Waals surface area (Å²) in [6.45, 7) is 6.12. The normalized spacial score (nSPS) is 14.0. The summed E-state index contributed by atoms with van der Waals surface area (Å²) in [5, 5.41) is 24.4. The van der Waals surface area contributed by atoms with Crippen molar-refractivity contribution < 1.29 is 0 Å². The lowest BCUT2D eigenvalue weighted by Gasteiger charge is -2.03. The summed E-state index contributed by atoms with van der Waals surface area (Å²) in [6.07, 6.45) is 8.26. The summed E-state index contributed by atoms with van der Waals surface area (Å²) in [7, 11) is 0. The number of hydrogen-bond donors (Lipinski definition) is 0. The minimum absolute atomic E-state index is 0.0239. The predicted molar refractivity (Wildman–Crippen MR) is 186 cm³/mol. The first-order valence-electron chi connectivity index (χ1n) is 15.2. The molecule has 0 bridgehead atoms. The van der Waals surface area contributed by atoms with Gasteiger partial charge in [-0.05, 0) is 73.5 Å². The van der Waals surface area contributed by atoms with Crippen LogP contribution in [0.2, 0.25) is 0 Å². The van der Waals surface area contributed by atoms with E-state index < -0.39 is 0 Å². The molecule has 0 fully saturated rings. The molecule has 0 spiro atoms. The first-order chi connectivity index (χ1) is 22.1. The number of aliphatic imine (C=N–C) groups is 2. The van der Waals surface area contributed by atoms with Crippen LogP contribution in [0.3, 0.4) is 0 Å². The van der Waals surface area contributed by atoms with Crippen molar-refractivity contribution in [2.75, 3.05) is 0 Å². The third kappa shape index (κ3) is 4.93. The number of nitrogens with zero attached hydrogens (tertiary/aromatic N) is 6. The molecule has 0 amide bonds. The van der Waals surface area contributed by atoms with Crippen LogP contribution in [0.1, 0.15) is 31.4 Å². The molecule has 3 heterocycles. The SMILES string of the molecule is CCn1c2ccccc2c2cc(C=CC3=NC(C#N)=C(C#N)N=C(C=Cc4ccc5c(c4)c4ccccc4n5CC)C3)ccc21. The standard InChI is InChI=1S/C39H30N6/c1-3-44-36-11-7-5-9-30(36)32-21-26(15-19-38(32)44)13-17-28-23-29(43-35(25-41)34(24-40)42-28)18-14-27-16-20-39-33(22-27)31-10-6-8-12-37(31)45(39)4-2/h5-22H,3-4,23H2,1-2H3. The zero-order valence-corrected chi connectivity index (χ0v) is 25.2. The monoisotopic (exact) mass is 582 g/mol. The molecule has 0 radical (unpaired) electrons. The van der Waals surface area contributed by atoms with Gasteiger partial charge in [0.1, 0.15) is 12.1 Å². The molecule has 45 heavy (non-hydrogen) atoms. The largest absolute Gasteiger partial charge is 0.341 e. The quantitative estimate of drug-likeness (QED) is 0.196. The van der Waals surface area contributed by atoms with E-state index >= 15 is 0 Å². The van der Waals surface area contributed by atoms with Crippen LogP contribution in [0.5, 0.6) is 0 Å². The van der Waals surface area contributed by atoms with E-state index in [1.54, 1.807) is 0 Å². The van der Waals surface area contributed by atoms with Crippen molar-refractivity contribution in [3.05, 3.63) is 120 Å². The van der Waals surface area contributed by atoms with Gasteiger partial charge >= 0.3 is 0 Å². The summed E-state index contributed by atoms with van der Waals surface area (Å²) in [6, 6.07) is 34.0. The molecule has 4 aromatic carbocycles. The Kier molecular flexibility index (Phi) is 7.17. The topological polar surface area (TPSA) is 82.2 Å². The lowest BCUT2D eigenvalue weighted by molar-refractivity contribution is 0.827. The summed E-state index contributed by atoms with van der Waals surface area (Å²) in [5.74, 6) is 0. The first-order valence-corrected chi connectivity index (χ1v) is 15.2. The van der Waals surface area contributed by atoms with E-state index in [1.165, 1.54) is 43.6 Å². The number of aryl methyl sites for hydroxylation is 2. The van der Waals surface area contributed by atoms with Crippen molar-refractivity contribution in [3.63, 3.8) is 0 Å². The molecule has 216 valence electrons. The highest BCUT2D eigenvalue weighted by molar-refractivity contribution is 6.17. The highest BCUT2D eigenvalue weighted by Gasteiger charge is 2.14. The van der Waals surface area contributed by atoms with E-state index in [2.05, 4.69) is 130 Å². The molecule has 0 aliphatic carbocycles. The maximum Gasteiger partial charge on any atom is 0.177 e. The minimum Gasteiger partial charge on any atom is -0.341 e. The molecule has 2 aromatic heterocycles. The van der Waals surface area contributed by atoms with Crippen LogP contribution in [0, 0.1) is 22.7 Å². The maximum absolute atomic E-state index is 9.79. The van der Waals surface area contributed by atoms with Gasteiger partial charge in [-0.1, -0.05) is 60.7 Å². The number of fused-ring (bicyclic) bond motifs is 6. The fraction of sp³-hybridized carbons (Fsp3) is 0.128. The average molecular weight is 583 g/mol. The highest BCUT2D eigenvalue weighted by Crippen LogP contribution is 2.31. The molecule has 1 aliphatic heterocycles. The maximum atomic E-state index is 9.79. The van der Waals surface area contributed by atoms with Gasteiger partial charge in [0.2, 0.25) is 0 Å². The summed E-state index contributed by atoms with van der Waals surface area (Å²) in [5.41, 5.74) is 8.29. The molecule has 6 nitrogen and oxygen atoms in total. The van der Waals surface area contributed by atoms with Crippen LogP contribution in [0.25, 0.3) is 55.8 Å². The Morgan fingerprint density at radius 1 is 0.578 bits per heavy atom. The number of nitriles is 2. The number of benzene rings is 4. The van der Waals surface area contributed by atoms with Crippen LogP contribution in [-0.4, -0.2) is 20.6 Å². The zero-order chi connectivity index (χ0) is 30.9. The molecular weight excluding hydrogens is 552 g/mol. The van der Waals surface area contributed by atoms with Crippen molar-refractivity contribution in [1.29, 1.82) is 10.5 Å². The molecule has 0 N–H and O–H groups in total. The Morgan fingerprint density at radius 3 is 1.42 bits per heavy atom. The average Bonchev–Trinajstić information content (AvgIpc) is 3.50. The third-order valence-electron chi connectivity index (χ3n) is 8.47. The van der Waals surface area contributed by atoms with E-state index in [4.69, 9.17) is 0 Å². The van der Waals surface area contributed by atoms with E-state index in [-0.39, 0.29) is 11.4 Å². The van der Waals surface area contributed by atoms with Gasteiger partial charge in [-0.2, -0.15) is 10.5 Å². The van der Waals surface area contributed by atoms with Crippen LogP contribution in [0.4, 0.5) is 0 Å². The Bertz CT molecular complexity index is 2220. The second-order valence-electron chi connectivity index (χ2n) is 11.0. The van der Waals surface area contributed by atoms with E-state index in [9.17, 15) is 10.5 Å². The van der Waals surface area contributed by atoms with Gasteiger partial charge in [0, 0.05) is 74.5 Å². The van der Waals surface area contributed by atoms with Crippen LogP contribution in [0.15, 0.2) is 118 Å². The van der Waals surface area contributed by atoms with E-state index in [0.29, 0.717) is 17.8 Å². The lowest BCUT2D eigenvalue weighted by atomic mass is 10.1. The number of hydrogen-bond acceptors (Lipinski definition) is 4. The third-order valence-corrected chi connectivity index (χ3v) is 8.47.